The van der Waals surface area contributed by atoms with Gasteiger partial charge >= 0.3 is 0 Å². The van der Waals surface area contributed by atoms with Gasteiger partial charge in [-0.25, -0.2) is 0 Å². The third kappa shape index (κ3) is 3.30. The third-order valence-corrected chi connectivity index (χ3v) is 6.37. The Morgan fingerprint density at radius 2 is 1.36 bits per heavy atom. The van der Waals surface area contributed by atoms with E-state index in [0.29, 0.717) is 0 Å². The van der Waals surface area contributed by atoms with E-state index in [2.05, 4.69) is 95.3 Å². The molecule has 1 aliphatic carbocycles. The normalized spacial score (nSPS) is 19.6. The molecule has 3 rings (SSSR count). The van der Waals surface area contributed by atoms with Gasteiger partial charge in [-0.3, -0.25) is 0 Å². The fourth-order valence-electron chi connectivity index (χ4n) is 5.35. The Labute approximate surface area is 171 Å². The fourth-order valence-corrected chi connectivity index (χ4v) is 5.35. The molecule has 0 aliphatic heterocycles. The van der Waals surface area contributed by atoms with Crippen molar-refractivity contribution in [2.45, 2.75) is 59.8 Å². The average molecular weight is 371 g/mol. The number of rotatable bonds is 6. The van der Waals surface area contributed by atoms with Gasteiger partial charge in [0.05, 0.1) is 0 Å². The summed E-state index contributed by atoms with van der Waals surface area (Å²) in [6, 6.07) is 22.0. The molecule has 1 atom stereocenters. The molecular formula is C28H34. The van der Waals surface area contributed by atoms with Crippen molar-refractivity contribution in [2.24, 2.45) is 5.41 Å². The number of hydrogen-bond donors (Lipinski definition) is 0. The molecule has 2 aromatic carbocycles. The quantitative estimate of drug-likeness (QED) is 0.480. The number of allylic oxidation sites excluding steroid dienone is 5. The van der Waals surface area contributed by atoms with E-state index in [-0.39, 0.29) is 11.3 Å². The highest BCUT2D eigenvalue weighted by Gasteiger charge is 2.48. The lowest BCUT2D eigenvalue weighted by molar-refractivity contribution is 0.437. The highest BCUT2D eigenvalue weighted by molar-refractivity contribution is 5.64. The minimum absolute atomic E-state index is 0.128. The average Bonchev–Trinajstić information content (AvgIpc) is 2.91. The molecular weight excluding hydrogens is 336 g/mol. The van der Waals surface area contributed by atoms with Crippen LogP contribution in [0.5, 0.6) is 0 Å². The first kappa shape index (κ1) is 20.4. The van der Waals surface area contributed by atoms with E-state index in [1.807, 2.05) is 0 Å². The van der Waals surface area contributed by atoms with Crippen molar-refractivity contribution in [3.8, 4) is 0 Å². The van der Waals surface area contributed by atoms with E-state index in [1.54, 1.807) is 5.57 Å². The van der Waals surface area contributed by atoms with E-state index in [4.69, 9.17) is 6.58 Å². The molecule has 0 bridgehead atoms. The van der Waals surface area contributed by atoms with Crippen LogP contribution in [0.3, 0.4) is 0 Å². The summed E-state index contributed by atoms with van der Waals surface area (Å²) in [7, 11) is 0. The van der Waals surface area contributed by atoms with Crippen molar-refractivity contribution >= 4 is 0 Å². The SMILES string of the molecule is C=C1C(CC)=C(CCC)C(=C(C)C)C1(C)C(c1ccccc1)c1ccccc1. The molecule has 1 aliphatic rings. The molecule has 28 heavy (non-hydrogen) atoms. The zero-order valence-corrected chi connectivity index (χ0v) is 18.2. The molecule has 0 radical (unpaired) electrons. The lowest BCUT2D eigenvalue weighted by Gasteiger charge is -2.40. The Morgan fingerprint density at radius 3 is 1.75 bits per heavy atom. The van der Waals surface area contributed by atoms with Crippen LogP contribution >= 0.6 is 0 Å². The molecule has 0 spiro atoms. The minimum Gasteiger partial charge on any atom is -0.0946 e. The van der Waals surface area contributed by atoms with Gasteiger partial charge < -0.3 is 0 Å². The van der Waals surface area contributed by atoms with Gasteiger partial charge in [-0.1, -0.05) is 100 Å². The van der Waals surface area contributed by atoms with Gasteiger partial charge in [-0.05, 0) is 60.1 Å². The van der Waals surface area contributed by atoms with Crippen molar-refractivity contribution in [2.75, 3.05) is 0 Å². The van der Waals surface area contributed by atoms with Crippen LogP contribution < -0.4 is 0 Å². The molecule has 0 aromatic heterocycles. The van der Waals surface area contributed by atoms with Gasteiger partial charge in [-0.2, -0.15) is 0 Å². The molecule has 0 nitrogen and oxygen atoms in total. The van der Waals surface area contributed by atoms with Crippen molar-refractivity contribution < 1.29 is 0 Å². The zero-order chi connectivity index (χ0) is 20.3. The standard InChI is InChI=1S/C28H34/c1-7-15-25-24(8-2)21(5)28(6,26(25)20(3)4)27(22-16-11-9-12-17-22)23-18-13-10-14-19-23/h9-14,16-19,27H,5,7-8,15H2,1-4,6H3. The van der Waals surface area contributed by atoms with Crippen LogP contribution in [0.2, 0.25) is 0 Å². The molecule has 0 heteroatoms. The van der Waals surface area contributed by atoms with Crippen LogP contribution in [-0.4, -0.2) is 0 Å². The molecule has 0 saturated heterocycles. The van der Waals surface area contributed by atoms with Crippen molar-refractivity contribution in [1.82, 2.24) is 0 Å². The van der Waals surface area contributed by atoms with Gasteiger partial charge in [0, 0.05) is 11.3 Å². The first-order valence-electron chi connectivity index (χ1n) is 10.7. The summed E-state index contributed by atoms with van der Waals surface area (Å²) in [6.07, 6.45) is 3.35. The highest BCUT2D eigenvalue weighted by Crippen LogP contribution is 2.61. The maximum absolute atomic E-state index is 4.70. The Kier molecular flexibility index (Phi) is 6.08. The van der Waals surface area contributed by atoms with E-state index < -0.39 is 0 Å². The third-order valence-electron chi connectivity index (χ3n) is 6.37. The van der Waals surface area contributed by atoms with Gasteiger partial charge in [0.1, 0.15) is 0 Å². The summed E-state index contributed by atoms with van der Waals surface area (Å²) >= 11 is 0. The summed E-state index contributed by atoms with van der Waals surface area (Å²) in [4.78, 5) is 0. The van der Waals surface area contributed by atoms with Crippen LogP contribution in [0.1, 0.15) is 70.9 Å². The maximum atomic E-state index is 4.70. The smallest absolute Gasteiger partial charge is 0.0282 e. The molecule has 0 heterocycles. The molecule has 0 saturated carbocycles. The van der Waals surface area contributed by atoms with Gasteiger partial charge in [-0.15, -0.1) is 0 Å². The topological polar surface area (TPSA) is 0 Å². The van der Waals surface area contributed by atoms with Crippen molar-refractivity contribution in [3.05, 3.63) is 106 Å². The number of hydrogen-bond acceptors (Lipinski definition) is 0. The van der Waals surface area contributed by atoms with Crippen LogP contribution in [0, 0.1) is 5.41 Å². The van der Waals surface area contributed by atoms with E-state index in [0.717, 1.165) is 12.8 Å². The van der Waals surface area contributed by atoms with Gasteiger partial charge in [0.15, 0.2) is 0 Å². The largest absolute Gasteiger partial charge is 0.0946 e. The van der Waals surface area contributed by atoms with Crippen LogP contribution in [0.25, 0.3) is 0 Å². The predicted octanol–water partition coefficient (Wildman–Crippen LogP) is 8.24. The molecule has 0 fully saturated rings. The molecule has 0 amide bonds. The summed E-state index contributed by atoms with van der Waals surface area (Å²) in [5, 5.41) is 0. The van der Waals surface area contributed by atoms with Gasteiger partial charge in [0.25, 0.3) is 0 Å². The van der Waals surface area contributed by atoms with E-state index >= 15 is 0 Å². The van der Waals surface area contributed by atoms with Gasteiger partial charge in [0.2, 0.25) is 0 Å². The summed E-state index contributed by atoms with van der Waals surface area (Å²) < 4.78 is 0. The predicted molar refractivity (Wildman–Crippen MR) is 123 cm³/mol. The van der Waals surface area contributed by atoms with E-state index in [9.17, 15) is 0 Å². The zero-order valence-electron chi connectivity index (χ0n) is 18.2. The summed E-state index contributed by atoms with van der Waals surface area (Å²) in [5.74, 6) is 0.253. The summed E-state index contributed by atoms with van der Waals surface area (Å²) in [6.45, 7) is 16.3. The molecule has 0 N–H and O–H groups in total. The molecule has 1 unspecified atom stereocenters. The van der Waals surface area contributed by atoms with Crippen molar-refractivity contribution in [1.29, 1.82) is 0 Å². The van der Waals surface area contributed by atoms with Crippen LogP contribution in [0.4, 0.5) is 0 Å². The Bertz CT molecular complexity index is 852. The second kappa shape index (κ2) is 8.35. The monoisotopic (exact) mass is 370 g/mol. The highest BCUT2D eigenvalue weighted by atomic mass is 14.5. The van der Waals surface area contributed by atoms with Crippen molar-refractivity contribution in [3.63, 3.8) is 0 Å². The lowest BCUT2D eigenvalue weighted by Crippen LogP contribution is -2.29. The first-order valence-corrected chi connectivity index (χ1v) is 10.7. The first-order chi connectivity index (χ1) is 13.5. The minimum atomic E-state index is -0.128. The number of benzene rings is 2. The second-order valence-electron chi connectivity index (χ2n) is 8.37. The second-order valence-corrected chi connectivity index (χ2v) is 8.37. The molecule has 146 valence electrons. The summed E-state index contributed by atoms with van der Waals surface area (Å²) in [5.41, 5.74) is 9.89. The Hall–Kier alpha value is -2.34. The van der Waals surface area contributed by atoms with Crippen LogP contribution in [0.15, 0.2) is 95.1 Å². The maximum Gasteiger partial charge on any atom is 0.0282 e. The van der Waals surface area contributed by atoms with Crippen LogP contribution in [-0.2, 0) is 0 Å². The fraction of sp³-hybridized carbons (Fsp3) is 0.357. The lowest BCUT2D eigenvalue weighted by atomic mass is 9.63. The Morgan fingerprint density at radius 1 is 0.857 bits per heavy atom. The Balaban J connectivity index is 2.30. The van der Waals surface area contributed by atoms with E-state index in [1.165, 1.54) is 39.8 Å². The molecule has 2 aromatic rings.